The molecule has 0 atom stereocenters. The van der Waals surface area contributed by atoms with Crippen LogP contribution in [0.3, 0.4) is 0 Å². The van der Waals surface area contributed by atoms with E-state index in [1.54, 1.807) is 55.8 Å². The average Bonchev–Trinajstić information content (AvgIpc) is 2.83. The molecule has 3 aromatic rings. The van der Waals surface area contributed by atoms with Gasteiger partial charge in [0.15, 0.2) is 23.0 Å². The molecule has 0 aromatic heterocycles. The van der Waals surface area contributed by atoms with Crippen molar-refractivity contribution in [2.24, 2.45) is 9.98 Å². The van der Waals surface area contributed by atoms with E-state index in [1.807, 2.05) is 39.8 Å². The lowest BCUT2D eigenvalue weighted by Crippen LogP contribution is -1.94. The maximum Gasteiger partial charge on any atom is 0.166 e. The van der Waals surface area contributed by atoms with Crippen molar-refractivity contribution in [2.75, 3.05) is 19.8 Å². The minimum absolute atomic E-state index is 0. The number of aromatic hydroxyl groups is 2. The lowest BCUT2D eigenvalue weighted by molar-refractivity contribution is 0.318. The van der Waals surface area contributed by atoms with Gasteiger partial charge in [0.2, 0.25) is 0 Å². The first kappa shape index (κ1) is 30.2. The highest BCUT2D eigenvalue weighted by molar-refractivity contribution is 5.90. The fraction of sp³-hybridized carbons (Fsp3) is 0.286. The van der Waals surface area contributed by atoms with E-state index in [9.17, 15) is 10.2 Å². The predicted molar refractivity (Wildman–Crippen MR) is 145 cm³/mol. The summed E-state index contributed by atoms with van der Waals surface area (Å²) in [6, 6.07) is 14.5. The summed E-state index contributed by atoms with van der Waals surface area (Å²) >= 11 is 0. The van der Waals surface area contributed by atoms with Crippen molar-refractivity contribution in [1.82, 2.24) is 0 Å². The molecule has 0 aliphatic rings. The Hall–Kier alpha value is -3.88. The van der Waals surface area contributed by atoms with Gasteiger partial charge in [-0.25, -0.2) is 0 Å². The molecule has 0 aliphatic heterocycles. The van der Waals surface area contributed by atoms with Gasteiger partial charge in [0.25, 0.3) is 0 Å². The number of para-hydroxylation sites is 2. The number of hydrogen-bond acceptors (Lipinski definition) is 7. The number of aliphatic imine (C=N–C) groups is 2. The Balaban J connectivity index is 0.00000154. The van der Waals surface area contributed by atoms with E-state index in [-0.39, 0.29) is 23.6 Å². The van der Waals surface area contributed by atoms with Gasteiger partial charge in [-0.05, 0) is 82.1 Å². The zero-order valence-electron chi connectivity index (χ0n) is 21.4. The van der Waals surface area contributed by atoms with Crippen molar-refractivity contribution in [3.8, 4) is 23.0 Å². The normalized spacial score (nSPS) is 10.6. The first-order valence-electron chi connectivity index (χ1n) is 11.6. The largest absolute Gasteiger partial charge is 0.504 e. The molecule has 8 nitrogen and oxygen atoms in total. The molecular weight excluding hydrogens is 460 g/mol. The number of phenols is 2. The van der Waals surface area contributed by atoms with Crippen LogP contribution in [0, 0.1) is 13.8 Å². The number of hydrogen-bond donors (Lipinski definition) is 3. The minimum Gasteiger partial charge on any atom is -0.504 e. The van der Waals surface area contributed by atoms with E-state index in [1.165, 1.54) is 0 Å². The van der Waals surface area contributed by atoms with Crippen molar-refractivity contribution in [1.29, 1.82) is 0 Å². The summed E-state index contributed by atoms with van der Waals surface area (Å²) in [7, 11) is 0. The molecule has 0 aliphatic carbocycles. The van der Waals surface area contributed by atoms with Crippen LogP contribution < -0.4 is 9.47 Å². The van der Waals surface area contributed by atoms with Crippen LogP contribution in [0.1, 0.15) is 43.0 Å². The summed E-state index contributed by atoms with van der Waals surface area (Å²) in [5.41, 5.74) is 4.53. The first-order valence-corrected chi connectivity index (χ1v) is 11.6. The van der Waals surface area contributed by atoms with Crippen LogP contribution in [0.25, 0.3) is 0 Å². The van der Waals surface area contributed by atoms with E-state index in [4.69, 9.17) is 14.6 Å². The molecule has 194 valence electrons. The third kappa shape index (κ3) is 8.11. The molecule has 0 spiro atoms. The van der Waals surface area contributed by atoms with Gasteiger partial charge < -0.3 is 30.3 Å². The molecule has 8 heteroatoms. The van der Waals surface area contributed by atoms with E-state index < -0.39 is 0 Å². The van der Waals surface area contributed by atoms with Crippen LogP contribution in [0.5, 0.6) is 23.0 Å². The van der Waals surface area contributed by atoms with Crippen molar-refractivity contribution < 1.29 is 30.3 Å². The van der Waals surface area contributed by atoms with Crippen LogP contribution in [0.15, 0.2) is 58.5 Å². The summed E-state index contributed by atoms with van der Waals surface area (Å²) in [5.74, 6) is 0.924. The second kappa shape index (κ2) is 15.2. The summed E-state index contributed by atoms with van der Waals surface area (Å²) in [6.07, 6.45) is 3.18. The third-order valence-corrected chi connectivity index (χ3v) is 4.94. The number of rotatable bonds is 8. The zero-order valence-corrected chi connectivity index (χ0v) is 21.4. The number of aliphatic hydroxyl groups excluding tert-OH is 1. The van der Waals surface area contributed by atoms with Crippen molar-refractivity contribution >= 4 is 23.8 Å². The van der Waals surface area contributed by atoms with E-state index in [0.29, 0.717) is 47.2 Å². The Bertz CT molecular complexity index is 1080. The Kier molecular flexibility index (Phi) is 12.7. The molecule has 0 bridgehead atoms. The molecular formula is C28H36N2O6. The number of aryl methyl sites for hydroxylation is 2. The van der Waals surface area contributed by atoms with Gasteiger partial charge in [-0.15, -0.1) is 0 Å². The highest BCUT2D eigenvalue weighted by atomic mass is 16.5. The summed E-state index contributed by atoms with van der Waals surface area (Å²) < 4.78 is 10.9. The molecule has 5 N–H and O–H groups in total. The zero-order chi connectivity index (χ0) is 25.8. The molecule has 0 saturated heterocycles. The number of nitrogens with zero attached hydrogens (tertiary/aromatic N) is 2. The molecule has 0 fully saturated rings. The predicted octanol–water partition coefficient (Wildman–Crippen LogP) is 5.19. The lowest BCUT2D eigenvalue weighted by atomic mass is 10.1. The SMILES string of the molecule is CCO.CCOc1cccc(C=Nc2cc(C)c(C)cc2N=Cc2cccc(OCC)c2O)c1O.O. The maximum atomic E-state index is 10.4. The number of ether oxygens (including phenoxy) is 2. The first-order chi connectivity index (χ1) is 16.9. The van der Waals surface area contributed by atoms with E-state index >= 15 is 0 Å². The molecule has 36 heavy (non-hydrogen) atoms. The van der Waals surface area contributed by atoms with Gasteiger partial charge in [-0.2, -0.15) is 0 Å². The Labute approximate surface area is 212 Å². The lowest BCUT2D eigenvalue weighted by Gasteiger charge is -2.09. The fourth-order valence-corrected chi connectivity index (χ4v) is 3.10. The van der Waals surface area contributed by atoms with Gasteiger partial charge >= 0.3 is 0 Å². The maximum absolute atomic E-state index is 10.4. The van der Waals surface area contributed by atoms with E-state index in [0.717, 1.165) is 11.1 Å². The van der Waals surface area contributed by atoms with Crippen molar-refractivity contribution in [3.63, 3.8) is 0 Å². The van der Waals surface area contributed by atoms with Crippen LogP contribution >= 0.6 is 0 Å². The summed E-state index contributed by atoms with van der Waals surface area (Å²) in [5, 5.41) is 28.4. The molecule has 0 amide bonds. The standard InChI is InChI=1S/C26H28N2O4.C2H6O.H2O/c1-5-31-23-11-7-9-19(25(23)29)15-27-21-13-17(3)18(4)14-22(21)28-16-20-10-8-12-24(26(20)30)32-6-2;1-2-3;/h7-16,29-30H,5-6H2,1-4H3;3H,2H2,1H3;1H2. The van der Waals surface area contributed by atoms with Gasteiger partial charge in [-0.3, -0.25) is 9.98 Å². The topological polar surface area (TPSA) is 135 Å². The van der Waals surface area contributed by atoms with Crippen molar-refractivity contribution in [2.45, 2.75) is 34.6 Å². The van der Waals surface area contributed by atoms with Gasteiger partial charge in [0.05, 0.1) is 24.6 Å². The second-order valence-corrected chi connectivity index (χ2v) is 7.51. The molecule has 0 unspecified atom stereocenters. The molecule has 0 radical (unpaired) electrons. The van der Waals surface area contributed by atoms with Crippen LogP contribution in [0.2, 0.25) is 0 Å². The molecule has 0 heterocycles. The van der Waals surface area contributed by atoms with Crippen LogP contribution in [0.4, 0.5) is 11.4 Å². The van der Waals surface area contributed by atoms with Crippen LogP contribution in [-0.4, -0.2) is 53.0 Å². The molecule has 3 rings (SSSR count). The van der Waals surface area contributed by atoms with Crippen LogP contribution in [-0.2, 0) is 0 Å². The Morgan fingerprint density at radius 2 is 1.08 bits per heavy atom. The fourth-order valence-electron chi connectivity index (χ4n) is 3.10. The minimum atomic E-state index is 0. The molecule has 3 aromatic carbocycles. The number of aliphatic hydroxyl groups is 1. The van der Waals surface area contributed by atoms with Gasteiger partial charge in [0.1, 0.15) is 0 Å². The number of phenolic OH excluding ortho intramolecular Hbond substituents is 2. The highest BCUT2D eigenvalue weighted by Crippen LogP contribution is 2.34. The number of benzene rings is 3. The summed E-state index contributed by atoms with van der Waals surface area (Å²) in [4.78, 5) is 9.16. The van der Waals surface area contributed by atoms with Gasteiger partial charge in [0, 0.05) is 30.2 Å². The van der Waals surface area contributed by atoms with Crippen molar-refractivity contribution in [3.05, 3.63) is 70.8 Å². The smallest absolute Gasteiger partial charge is 0.166 e. The molecule has 0 saturated carbocycles. The Morgan fingerprint density at radius 3 is 1.42 bits per heavy atom. The quantitative estimate of drug-likeness (QED) is 0.369. The van der Waals surface area contributed by atoms with E-state index in [2.05, 4.69) is 9.98 Å². The monoisotopic (exact) mass is 496 g/mol. The average molecular weight is 497 g/mol. The summed E-state index contributed by atoms with van der Waals surface area (Å²) in [6.45, 7) is 10.6. The highest BCUT2D eigenvalue weighted by Gasteiger charge is 2.09. The third-order valence-electron chi connectivity index (χ3n) is 4.94. The van der Waals surface area contributed by atoms with Gasteiger partial charge in [-0.1, -0.05) is 12.1 Å². The second-order valence-electron chi connectivity index (χ2n) is 7.51. The Morgan fingerprint density at radius 1 is 0.722 bits per heavy atom.